The summed E-state index contributed by atoms with van der Waals surface area (Å²) in [6.07, 6.45) is 8.31. The number of fused-ring (bicyclic) bond motifs is 3. The average Bonchev–Trinajstić information content (AvgIpc) is 3.24. The van der Waals surface area contributed by atoms with Crippen molar-refractivity contribution in [2.24, 2.45) is 10.8 Å². The number of hydrogen-bond acceptors (Lipinski definition) is 0. The van der Waals surface area contributed by atoms with Gasteiger partial charge in [-0.1, -0.05) is 0 Å². The molecule has 0 aromatic heterocycles. The molecule has 30 heavy (non-hydrogen) atoms. The zero-order valence-electron chi connectivity index (χ0n) is 18.9. The van der Waals surface area contributed by atoms with Crippen molar-refractivity contribution in [1.82, 2.24) is 0 Å². The van der Waals surface area contributed by atoms with Crippen LogP contribution >= 0.6 is 0 Å². The van der Waals surface area contributed by atoms with Gasteiger partial charge in [-0.15, -0.1) is 0 Å². The van der Waals surface area contributed by atoms with Crippen LogP contribution in [0.5, 0.6) is 0 Å². The van der Waals surface area contributed by atoms with E-state index in [9.17, 15) is 0 Å². The van der Waals surface area contributed by atoms with Crippen molar-refractivity contribution in [3.63, 3.8) is 0 Å². The summed E-state index contributed by atoms with van der Waals surface area (Å²) in [6.45, 7) is 14.7. The Balaban J connectivity index is 0.00000160. The van der Waals surface area contributed by atoms with Gasteiger partial charge in [0.1, 0.15) is 0 Å². The molecule has 0 spiro atoms. The quantitative estimate of drug-likeness (QED) is 0.456. The Kier molecular flexibility index (Phi) is 7.98. The van der Waals surface area contributed by atoms with E-state index in [1.165, 1.54) is 17.5 Å². The zero-order valence-corrected chi connectivity index (χ0v) is 24.0. The third-order valence-electron chi connectivity index (χ3n) is 6.01. The molecule has 0 atom stereocenters. The van der Waals surface area contributed by atoms with Gasteiger partial charge in [0.25, 0.3) is 0 Å². The van der Waals surface area contributed by atoms with Crippen LogP contribution in [-0.2, 0) is 21.0 Å². The van der Waals surface area contributed by atoms with Crippen molar-refractivity contribution in [3.8, 4) is 11.1 Å². The second-order valence-electron chi connectivity index (χ2n) is 10.2. The predicted octanol–water partition coefficient (Wildman–Crippen LogP) is 1.49. The van der Waals surface area contributed by atoms with Gasteiger partial charge < -0.3 is 24.8 Å². The molecule has 2 aliphatic rings. The number of allylic oxidation sites excluding steroid dienone is 4. The van der Waals surface area contributed by atoms with Crippen LogP contribution in [0.25, 0.3) is 11.1 Å². The molecule has 0 aliphatic heterocycles. The summed E-state index contributed by atoms with van der Waals surface area (Å²) in [5, 5.41) is 0. The van der Waals surface area contributed by atoms with Gasteiger partial charge >= 0.3 is 179 Å². The Morgan fingerprint density at radius 1 is 0.767 bits per heavy atom. The standard InChI is InChI=1S/C13H9.C9H18.C5H5.2ClH.Hf/c1-3-7-12-10(5-1)9-11-6-2-4-8-13(11)12;1-8(2,3)7-9(4,5)6;1-2-4-5-3-1;;;/h1-9H;1-6H3;1-3H,4H2;2*1H;/q;;;;;+2/p-2. The van der Waals surface area contributed by atoms with Crippen LogP contribution in [-0.4, -0.2) is 3.26 Å². The Morgan fingerprint density at radius 2 is 1.23 bits per heavy atom. The van der Waals surface area contributed by atoms with Gasteiger partial charge in [-0.25, -0.2) is 0 Å². The summed E-state index contributed by atoms with van der Waals surface area (Å²) in [5.74, 6) is 0. The molecule has 2 aromatic rings. The van der Waals surface area contributed by atoms with Crippen molar-refractivity contribution in [2.75, 3.05) is 0 Å². The topological polar surface area (TPSA) is 0 Å². The molecule has 0 nitrogen and oxygen atoms in total. The van der Waals surface area contributed by atoms with E-state index in [1.807, 2.05) is 3.26 Å². The van der Waals surface area contributed by atoms with E-state index >= 15 is 0 Å². The third kappa shape index (κ3) is 4.54. The van der Waals surface area contributed by atoms with Gasteiger partial charge in [-0.2, -0.15) is 0 Å². The molecule has 3 heteroatoms. The Hall–Kier alpha value is -0.760. The fraction of sp³-hybridized carbons (Fsp3) is 0.370. The molecule has 2 aliphatic carbocycles. The summed E-state index contributed by atoms with van der Waals surface area (Å²) in [5.41, 5.74) is 6.58. The minimum atomic E-state index is -2.46. The van der Waals surface area contributed by atoms with Crippen molar-refractivity contribution in [1.29, 1.82) is 0 Å². The first-order valence-electron chi connectivity index (χ1n) is 10.5. The molecule has 0 amide bonds. The number of benzene rings is 2. The van der Waals surface area contributed by atoms with Gasteiger partial charge in [-0.3, -0.25) is 0 Å². The number of hydrogen-bond donors (Lipinski definition) is 0. The molecular formula is C27H32Cl2Hf. The van der Waals surface area contributed by atoms with Crippen LogP contribution in [0.3, 0.4) is 0 Å². The number of rotatable bonds is 2. The fourth-order valence-electron chi connectivity index (χ4n) is 5.54. The van der Waals surface area contributed by atoms with Crippen LogP contribution < -0.4 is 24.8 Å². The molecule has 0 bridgehead atoms. The molecule has 0 unspecified atom stereocenters. The maximum absolute atomic E-state index is 2.48. The summed E-state index contributed by atoms with van der Waals surface area (Å²) >= 11 is -2.46. The largest absolute Gasteiger partial charge is 1.00 e. The van der Waals surface area contributed by atoms with Crippen LogP contribution in [0.2, 0.25) is 0 Å². The van der Waals surface area contributed by atoms with E-state index in [2.05, 4.69) is 108 Å². The zero-order chi connectivity index (χ0) is 20.1. The number of halogens is 2. The van der Waals surface area contributed by atoms with Gasteiger partial charge in [-0.05, 0) is 0 Å². The maximum Gasteiger partial charge on any atom is -1.00 e. The Morgan fingerprint density at radius 3 is 1.63 bits per heavy atom. The van der Waals surface area contributed by atoms with Crippen molar-refractivity contribution < 1.29 is 45.8 Å². The van der Waals surface area contributed by atoms with E-state index in [1.54, 1.807) is 14.5 Å². The normalized spacial score (nSPS) is 14.6. The van der Waals surface area contributed by atoms with Crippen molar-refractivity contribution in [3.05, 3.63) is 81.2 Å². The molecule has 0 heterocycles. The van der Waals surface area contributed by atoms with Gasteiger partial charge in [0, 0.05) is 0 Å². The molecular weight excluding hydrogens is 574 g/mol. The molecule has 0 saturated carbocycles. The first-order chi connectivity index (χ1) is 13.2. The summed E-state index contributed by atoms with van der Waals surface area (Å²) in [4.78, 5) is 0. The van der Waals surface area contributed by atoms with Crippen molar-refractivity contribution in [2.45, 2.75) is 51.6 Å². The second kappa shape index (κ2) is 9.39. The third-order valence-corrected chi connectivity index (χ3v) is 21.5. The molecule has 0 fully saturated rings. The molecule has 158 valence electrons. The SMILES string of the molecule is CC(C)(C)[C](=[Hf+2]([C]1=CC=CC1)[CH]1c2ccccc2-c2ccccc21)C(C)(C)C.[Cl-].[Cl-]. The van der Waals surface area contributed by atoms with E-state index in [-0.39, 0.29) is 35.6 Å². The molecule has 4 rings (SSSR count). The second-order valence-corrected chi connectivity index (χ2v) is 19.4. The molecule has 0 radical (unpaired) electrons. The van der Waals surface area contributed by atoms with Crippen LogP contribution in [0, 0.1) is 10.8 Å². The minimum absolute atomic E-state index is 0. The summed E-state index contributed by atoms with van der Waals surface area (Å²) in [6, 6.07) is 18.4. The van der Waals surface area contributed by atoms with E-state index < -0.39 is 21.0 Å². The maximum atomic E-state index is 2.48. The molecule has 0 saturated heterocycles. The van der Waals surface area contributed by atoms with E-state index in [4.69, 9.17) is 0 Å². The van der Waals surface area contributed by atoms with Gasteiger partial charge in [0.2, 0.25) is 0 Å². The Labute approximate surface area is 202 Å². The average molecular weight is 606 g/mol. The molecule has 2 aromatic carbocycles. The summed E-state index contributed by atoms with van der Waals surface area (Å²) < 4.78 is 4.26. The van der Waals surface area contributed by atoms with Crippen LogP contribution in [0.1, 0.15) is 62.8 Å². The summed E-state index contributed by atoms with van der Waals surface area (Å²) in [7, 11) is 0. The minimum Gasteiger partial charge on any atom is -1.00 e. The van der Waals surface area contributed by atoms with E-state index in [0.29, 0.717) is 3.67 Å². The van der Waals surface area contributed by atoms with Crippen LogP contribution in [0.4, 0.5) is 0 Å². The smallest absolute Gasteiger partial charge is 1.00 e. The van der Waals surface area contributed by atoms with Gasteiger partial charge in [0.05, 0.1) is 0 Å². The fourth-order valence-corrected chi connectivity index (χ4v) is 21.1. The first-order valence-corrected chi connectivity index (χ1v) is 16.2. The predicted molar refractivity (Wildman–Crippen MR) is 119 cm³/mol. The first kappa shape index (κ1) is 25.5. The van der Waals surface area contributed by atoms with Crippen molar-refractivity contribution >= 4 is 3.26 Å². The van der Waals surface area contributed by atoms with Gasteiger partial charge in [0.15, 0.2) is 0 Å². The van der Waals surface area contributed by atoms with Crippen LogP contribution in [0.15, 0.2) is 70.1 Å². The Bertz CT molecular complexity index is 952. The monoisotopic (exact) mass is 606 g/mol. The van der Waals surface area contributed by atoms with E-state index in [0.717, 1.165) is 0 Å². The molecule has 0 N–H and O–H groups in total.